The first-order chi connectivity index (χ1) is 18.4. The Morgan fingerprint density at radius 2 is 1.61 bits per heavy atom. The van der Waals surface area contributed by atoms with Crippen LogP contribution in [0.1, 0.15) is 67.3 Å². The highest BCUT2D eigenvalue weighted by Crippen LogP contribution is 2.50. The van der Waals surface area contributed by atoms with Gasteiger partial charge in [-0.05, 0) is 89.1 Å². The standard InChI is InChI=1S/C31H41N5O2/c1-33(2)31(26-6-4-3-5-7-26)16-14-30(15-17-31)23-35(29(38)36(30)22-24-8-9-24)27-12-20-34(21-13-27)28(37)25-10-18-32-19-11-25/h3-7,10-11,18-19,24,27H,8-9,12-17,20-23H2,1-2H3/t30-,31+. The van der Waals surface area contributed by atoms with Crippen LogP contribution in [-0.2, 0) is 5.54 Å². The van der Waals surface area contributed by atoms with Crippen LogP contribution in [0, 0.1) is 5.92 Å². The van der Waals surface area contributed by atoms with E-state index in [9.17, 15) is 9.59 Å². The second-order valence-corrected chi connectivity index (χ2v) is 12.2. The van der Waals surface area contributed by atoms with E-state index in [1.807, 2.05) is 4.90 Å². The topological polar surface area (TPSA) is 60.0 Å². The van der Waals surface area contributed by atoms with E-state index in [-0.39, 0.29) is 29.1 Å². The van der Waals surface area contributed by atoms with Crippen molar-refractivity contribution in [2.75, 3.05) is 40.3 Å². The molecule has 2 aromatic rings. The smallest absolute Gasteiger partial charge is 0.320 e. The highest BCUT2D eigenvalue weighted by atomic mass is 16.2. The predicted octanol–water partition coefficient (Wildman–Crippen LogP) is 4.60. The maximum absolute atomic E-state index is 14.0. The number of amides is 3. The average molecular weight is 516 g/mol. The summed E-state index contributed by atoms with van der Waals surface area (Å²) in [5.41, 5.74) is 2.03. The largest absolute Gasteiger partial charge is 0.338 e. The van der Waals surface area contributed by atoms with Crippen molar-refractivity contribution in [2.45, 2.75) is 68.5 Å². The van der Waals surface area contributed by atoms with Crippen LogP contribution in [0.2, 0.25) is 0 Å². The lowest BCUT2D eigenvalue weighted by Crippen LogP contribution is -2.55. The van der Waals surface area contributed by atoms with Crippen LogP contribution < -0.4 is 0 Å². The van der Waals surface area contributed by atoms with Crippen molar-refractivity contribution in [2.24, 2.45) is 5.92 Å². The summed E-state index contributed by atoms with van der Waals surface area (Å²) in [7, 11) is 4.42. The van der Waals surface area contributed by atoms with Crippen LogP contribution in [0.15, 0.2) is 54.9 Å². The van der Waals surface area contributed by atoms with E-state index in [2.05, 4.69) is 64.1 Å². The molecule has 7 heteroatoms. The number of nitrogens with zero attached hydrogens (tertiary/aromatic N) is 5. The monoisotopic (exact) mass is 515 g/mol. The Balaban J connectivity index is 1.17. The van der Waals surface area contributed by atoms with Crippen molar-refractivity contribution in [3.63, 3.8) is 0 Å². The molecular formula is C31H41N5O2. The van der Waals surface area contributed by atoms with Gasteiger partial charge < -0.3 is 14.7 Å². The van der Waals surface area contributed by atoms with Crippen molar-refractivity contribution in [3.05, 3.63) is 66.0 Å². The minimum absolute atomic E-state index is 0.0207. The number of likely N-dealkylation sites (tertiary alicyclic amines) is 1. The van der Waals surface area contributed by atoms with Crippen LogP contribution in [-0.4, -0.2) is 88.4 Å². The zero-order valence-corrected chi connectivity index (χ0v) is 22.9. The number of benzene rings is 1. The quantitative estimate of drug-likeness (QED) is 0.564. The van der Waals surface area contributed by atoms with Crippen LogP contribution in [0.25, 0.3) is 0 Å². The number of hydrogen-bond acceptors (Lipinski definition) is 4. The Bertz CT molecular complexity index is 1130. The third-order valence-electron chi connectivity index (χ3n) is 9.95. The molecule has 0 atom stereocenters. The zero-order valence-electron chi connectivity index (χ0n) is 22.9. The molecule has 0 bridgehead atoms. The summed E-state index contributed by atoms with van der Waals surface area (Å²) in [4.78, 5) is 39.8. The maximum Gasteiger partial charge on any atom is 0.320 e. The molecule has 0 radical (unpaired) electrons. The summed E-state index contributed by atoms with van der Waals surface area (Å²) < 4.78 is 0. The number of aromatic nitrogens is 1. The Morgan fingerprint density at radius 1 is 0.947 bits per heavy atom. The summed E-state index contributed by atoms with van der Waals surface area (Å²) in [6.45, 7) is 3.14. The van der Waals surface area contributed by atoms with Crippen LogP contribution in [0.4, 0.5) is 4.79 Å². The zero-order chi connectivity index (χ0) is 26.3. The molecule has 3 heterocycles. The molecule has 2 saturated heterocycles. The van der Waals surface area contributed by atoms with Crippen molar-refractivity contribution in [3.8, 4) is 0 Å². The molecule has 2 aliphatic carbocycles. The number of pyridine rings is 1. The lowest BCUT2D eigenvalue weighted by atomic mass is 9.68. The molecule has 3 amide bonds. The van der Waals surface area contributed by atoms with Gasteiger partial charge in [0.15, 0.2) is 0 Å². The lowest BCUT2D eigenvalue weighted by molar-refractivity contribution is 0.0221. The normalized spacial score (nSPS) is 28.5. The number of rotatable bonds is 6. The van der Waals surface area contributed by atoms with E-state index in [0.29, 0.717) is 24.6 Å². The summed E-state index contributed by atoms with van der Waals surface area (Å²) in [5.74, 6) is 0.740. The first-order valence-corrected chi connectivity index (χ1v) is 14.4. The first-order valence-electron chi connectivity index (χ1n) is 14.4. The molecule has 1 spiro atoms. The van der Waals surface area contributed by atoms with E-state index in [1.54, 1.807) is 24.5 Å². The molecule has 4 aliphatic rings. The fourth-order valence-corrected chi connectivity index (χ4v) is 7.30. The molecule has 1 aromatic heterocycles. The molecule has 7 nitrogen and oxygen atoms in total. The molecule has 0 unspecified atom stereocenters. The van der Waals surface area contributed by atoms with Crippen molar-refractivity contribution in [1.29, 1.82) is 0 Å². The Labute approximate surface area is 226 Å². The minimum atomic E-state index is -0.0715. The Hall–Kier alpha value is -2.93. The van der Waals surface area contributed by atoms with Gasteiger partial charge in [0.05, 0.1) is 5.54 Å². The van der Waals surface area contributed by atoms with Crippen molar-refractivity contribution < 1.29 is 9.59 Å². The van der Waals surface area contributed by atoms with Gasteiger partial charge in [0, 0.05) is 55.7 Å². The van der Waals surface area contributed by atoms with Gasteiger partial charge in [-0.1, -0.05) is 30.3 Å². The van der Waals surface area contributed by atoms with Crippen LogP contribution in [0.5, 0.6) is 0 Å². The van der Waals surface area contributed by atoms with Gasteiger partial charge in [-0.3, -0.25) is 14.7 Å². The fraction of sp³-hybridized carbons (Fsp3) is 0.581. The number of piperidine rings is 1. The van der Waals surface area contributed by atoms with Gasteiger partial charge in [-0.25, -0.2) is 4.79 Å². The third-order valence-corrected chi connectivity index (χ3v) is 9.95. The summed E-state index contributed by atoms with van der Waals surface area (Å²) in [6, 6.07) is 15.0. The molecule has 0 N–H and O–H groups in total. The number of urea groups is 1. The summed E-state index contributed by atoms with van der Waals surface area (Å²) in [5, 5.41) is 0. The number of carbonyl (C=O) groups is 2. The highest BCUT2D eigenvalue weighted by molar-refractivity contribution is 5.94. The van der Waals surface area contributed by atoms with Gasteiger partial charge in [0.25, 0.3) is 5.91 Å². The Morgan fingerprint density at radius 3 is 2.21 bits per heavy atom. The van der Waals surface area contributed by atoms with Gasteiger partial charge in [-0.15, -0.1) is 0 Å². The second kappa shape index (κ2) is 9.99. The summed E-state index contributed by atoms with van der Waals surface area (Å²) >= 11 is 0. The van der Waals surface area contributed by atoms with E-state index < -0.39 is 0 Å². The van der Waals surface area contributed by atoms with Gasteiger partial charge in [0.1, 0.15) is 0 Å². The second-order valence-electron chi connectivity index (χ2n) is 12.2. The fourth-order valence-electron chi connectivity index (χ4n) is 7.30. The van der Waals surface area contributed by atoms with E-state index in [4.69, 9.17) is 0 Å². The van der Waals surface area contributed by atoms with Crippen LogP contribution in [0.3, 0.4) is 0 Å². The predicted molar refractivity (Wildman–Crippen MR) is 148 cm³/mol. The van der Waals surface area contributed by atoms with Crippen molar-refractivity contribution >= 4 is 11.9 Å². The molecule has 202 valence electrons. The van der Waals surface area contributed by atoms with Crippen molar-refractivity contribution in [1.82, 2.24) is 24.6 Å². The summed E-state index contributed by atoms with van der Waals surface area (Å²) in [6.07, 6.45) is 11.7. The van der Waals surface area contributed by atoms with Crippen LogP contribution >= 0.6 is 0 Å². The average Bonchev–Trinajstić information content (AvgIpc) is 3.75. The third kappa shape index (κ3) is 4.49. The van der Waals surface area contributed by atoms with E-state index in [1.165, 1.54) is 18.4 Å². The highest BCUT2D eigenvalue weighted by Gasteiger charge is 2.56. The Kier molecular flexibility index (Phi) is 6.67. The van der Waals surface area contributed by atoms with Gasteiger partial charge in [-0.2, -0.15) is 0 Å². The minimum Gasteiger partial charge on any atom is -0.338 e. The first kappa shape index (κ1) is 25.4. The number of carbonyl (C=O) groups excluding carboxylic acids is 2. The molecule has 2 saturated carbocycles. The molecular weight excluding hydrogens is 474 g/mol. The molecule has 2 aliphatic heterocycles. The molecule has 38 heavy (non-hydrogen) atoms. The molecule has 6 rings (SSSR count). The van der Waals surface area contributed by atoms with E-state index >= 15 is 0 Å². The lowest BCUT2D eigenvalue weighted by Gasteiger charge is -2.51. The van der Waals surface area contributed by atoms with E-state index in [0.717, 1.165) is 51.6 Å². The SMILES string of the molecule is CN(C)[C@]1(c2ccccc2)CC[C@]2(CC1)CN(C1CCN(C(=O)c3ccncc3)CC1)C(=O)N2CC1CC1. The molecule has 1 aromatic carbocycles. The maximum atomic E-state index is 14.0. The molecule has 4 fully saturated rings. The van der Waals surface area contributed by atoms with Gasteiger partial charge in [0.2, 0.25) is 0 Å². The van der Waals surface area contributed by atoms with Gasteiger partial charge >= 0.3 is 6.03 Å². The number of hydrogen-bond donors (Lipinski definition) is 0.